The maximum atomic E-state index is 13.3. The number of ether oxygens (including phenoxy) is 1. The number of urea groups is 1. The molecule has 1 fully saturated rings. The van der Waals surface area contributed by atoms with Gasteiger partial charge in [0, 0.05) is 25.7 Å². The van der Waals surface area contributed by atoms with E-state index in [4.69, 9.17) is 9.84 Å². The molecule has 0 spiro atoms. The van der Waals surface area contributed by atoms with E-state index in [-0.39, 0.29) is 30.2 Å². The third-order valence-electron chi connectivity index (χ3n) is 5.43. The highest BCUT2D eigenvalue weighted by molar-refractivity contribution is 6.04. The van der Waals surface area contributed by atoms with Gasteiger partial charge in [0.2, 0.25) is 11.7 Å². The molecule has 2 aliphatic rings. The molecule has 2 aliphatic heterocycles. The van der Waals surface area contributed by atoms with Gasteiger partial charge >= 0.3 is 6.03 Å². The Morgan fingerprint density at radius 2 is 2.18 bits per heavy atom. The quantitative estimate of drug-likeness (QED) is 0.462. The van der Waals surface area contributed by atoms with Gasteiger partial charge in [0.15, 0.2) is 5.82 Å². The van der Waals surface area contributed by atoms with Crippen LogP contribution >= 0.6 is 0 Å². The van der Waals surface area contributed by atoms with E-state index < -0.39 is 24.6 Å². The fraction of sp³-hybridized carbons (Fsp3) is 0.476. The number of piperidine rings is 1. The number of aromatic nitrogens is 3. The molecule has 2 aromatic heterocycles. The highest BCUT2D eigenvalue weighted by atomic mass is 16.5. The number of aliphatic hydroxyl groups is 2. The van der Waals surface area contributed by atoms with Crippen LogP contribution < -0.4 is 25.2 Å². The van der Waals surface area contributed by atoms with Gasteiger partial charge in [0.05, 0.1) is 24.5 Å². The van der Waals surface area contributed by atoms with Gasteiger partial charge in [0.1, 0.15) is 18.5 Å². The van der Waals surface area contributed by atoms with Crippen molar-refractivity contribution in [3.8, 4) is 5.88 Å². The Morgan fingerprint density at radius 1 is 1.33 bits per heavy atom. The van der Waals surface area contributed by atoms with Gasteiger partial charge in [-0.25, -0.2) is 14.8 Å². The summed E-state index contributed by atoms with van der Waals surface area (Å²) in [4.78, 5) is 42.2. The zero-order chi connectivity index (χ0) is 23.4. The van der Waals surface area contributed by atoms with Crippen LogP contribution in [0.3, 0.4) is 0 Å². The Hall–Kier alpha value is -3.51. The summed E-state index contributed by atoms with van der Waals surface area (Å²) in [5.74, 6) is 0.449. The van der Waals surface area contributed by atoms with E-state index in [0.29, 0.717) is 24.6 Å². The van der Waals surface area contributed by atoms with Crippen LogP contribution in [0.2, 0.25) is 0 Å². The predicted octanol–water partition coefficient (Wildman–Crippen LogP) is 0.374. The molecule has 2 aromatic rings. The topological polar surface area (TPSA) is 153 Å². The molecule has 0 aliphatic carbocycles. The van der Waals surface area contributed by atoms with Gasteiger partial charge < -0.3 is 25.2 Å². The van der Waals surface area contributed by atoms with Gasteiger partial charge in [-0.05, 0) is 25.8 Å². The second kappa shape index (κ2) is 9.96. The van der Waals surface area contributed by atoms with Gasteiger partial charge in [-0.1, -0.05) is 6.07 Å². The molecule has 33 heavy (non-hydrogen) atoms. The number of hydrogen-bond donors (Lipinski definition) is 4. The van der Waals surface area contributed by atoms with Crippen molar-refractivity contribution >= 4 is 29.3 Å². The summed E-state index contributed by atoms with van der Waals surface area (Å²) in [6, 6.07) is 4.32. The zero-order valence-corrected chi connectivity index (χ0v) is 18.3. The summed E-state index contributed by atoms with van der Waals surface area (Å²) in [5, 5.41) is 23.8. The number of hydrogen-bond acceptors (Lipinski definition) is 9. The summed E-state index contributed by atoms with van der Waals surface area (Å²) >= 11 is 0. The van der Waals surface area contributed by atoms with E-state index in [1.807, 2.05) is 6.92 Å². The van der Waals surface area contributed by atoms with Crippen LogP contribution in [0.15, 0.2) is 24.4 Å². The first-order valence-electron chi connectivity index (χ1n) is 10.9. The van der Waals surface area contributed by atoms with Crippen molar-refractivity contribution < 1.29 is 24.5 Å². The van der Waals surface area contributed by atoms with E-state index in [1.54, 1.807) is 29.3 Å². The van der Waals surface area contributed by atoms with Crippen LogP contribution in [0.4, 0.5) is 22.1 Å². The lowest BCUT2D eigenvalue weighted by molar-refractivity contribution is 0.0521. The Bertz CT molecular complexity index is 1020. The predicted molar refractivity (Wildman–Crippen MR) is 120 cm³/mol. The smallest absolute Gasteiger partial charge is 0.329 e. The minimum Gasteiger partial charge on any atom is -0.475 e. The summed E-state index contributed by atoms with van der Waals surface area (Å²) < 4.78 is 5.36. The van der Waals surface area contributed by atoms with E-state index in [2.05, 4.69) is 30.5 Å². The normalized spacial score (nSPS) is 17.7. The van der Waals surface area contributed by atoms with Crippen molar-refractivity contribution in [3.63, 3.8) is 0 Å². The van der Waals surface area contributed by atoms with Crippen LogP contribution in [0.5, 0.6) is 5.88 Å². The molecule has 0 radical (unpaired) electrons. The summed E-state index contributed by atoms with van der Waals surface area (Å²) in [7, 11) is 0. The van der Waals surface area contributed by atoms with Crippen LogP contribution in [0, 0.1) is 0 Å². The molecule has 2 atom stereocenters. The summed E-state index contributed by atoms with van der Waals surface area (Å²) in [6.07, 6.45) is 2.29. The Morgan fingerprint density at radius 3 is 2.97 bits per heavy atom. The van der Waals surface area contributed by atoms with Crippen LogP contribution in [-0.4, -0.2) is 82.1 Å². The monoisotopic (exact) mass is 457 g/mol. The molecule has 12 heteroatoms. The van der Waals surface area contributed by atoms with Crippen molar-refractivity contribution in [2.45, 2.75) is 31.9 Å². The minimum absolute atomic E-state index is 0.00513. The molecule has 1 saturated heterocycles. The molecule has 0 saturated carbocycles. The lowest BCUT2D eigenvalue weighted by Gasteiger charge is -2.45. The molecular weight excluding hydrogens is 430 g/mol. The van der Waals surface area contributed by atoms with Crippen LogP contribution in [-0.2, 0) is 0 Å². The molecule has 4 heterocycles. The largest absolute Gasteiger partial charge is 0.475 e. The first-order valence-corrected chi connectivity index (χ1v) is 10.9. The first-order chi connectivity index (χ1) is 16.0. The highest BCUT2D eigenvalue weighted by Gasteiger charge is 2.39. The standard InChI is InChI=1S/C21H27N7O5/c1-2-22-20(31)18-23-9-15-19(26-18)28(13-5-4-8-27(15)10-13)21(32)25-16-6-3-7-17(24-16)33-12-14(30)11-29/h3,6-7,9,13-14,29-30H,2,4-5,8,10-12H2,1H3,(H,22,31)(H,24,25,32). The lowest BCUT2D eigenvalue weighted by Crippen LogP contribution is -2.56. The Labute approximate surface area is 190 Å². The molecule has 176 valence electrons. The molecule has 4 rings (SSSR count). The summed E-state index contributed by atoms with van der Waals surface area (Å²) in [6.45, 7) is 3.18. The van der Waals surface area contributed by atoms with Gasteiger partial charge in [-0.2, -0.15) is 4.98 Å². The molecule has 12 nitrogen and oxygen atoms in total. The van der Waals surface area contributed by atoms with Crippen molar-refractivity contribution in [2.75, 3.05) is 48.0 Å². The number of carbonyl (C=O) groups excluding carboxylic acids is 2. The van der Waals surface area contributed by atoms with Crippen molar-refractivity contribution in [1.29, 1.82) is 0 Å². The SMILES string of the molecule is CCNC(=O)c1ncc2c(n1)N(C(=O)Nc1cccc(OCC(O)CO)n1)C1CCCN2C1. The molecular formula is C21H27N7O5. The molecule has 2 bridgehead atoms. The molecule has 3 amide bonds. The van der Waals surface area contributed by atoms with E-state index >= 15 is 0 Å². The third kappa shape index (κ3) is 4.96. The number of nitrogens with one attached hydrogen (secondary N) is 2. The minimum atomic E-state index is -1.03. The van der Waals surface area contributed by atoms with Crippen LogP contribution in [0.1, 0.15) is 30.4 Å². The van der Waals surface area contributed by atoms with Crippen LogP contribution in [0.25, 0.3) is 0 Å². The number of pyridine rings is 1. The third-order valence-corrected chi connectivity index (χ3v) is 5.43. The highest BCUT2D eigenvalue weighted by Crippen LogP contribution is 2.37. The van der Waals surface area contributed by atoms with Crippen molar-refractivity contribution in [1.82, 2.24) is 20.3 Å². The number of rotatable bonds is 7. The van der Waals surface area contributed by atoms with Gasteiger partial charge in [0.25, 0.3) is 5.91 Å². The molecule has 4 N–H and O–H groups in total. The fourth-order valence-corrected chi connectivity index (χ4v) is 3.90. The fourth-order valence-electron chi connectivity index (χ4n) is 3.90. The van der Waals surface area contributed by atoms with Gasteiger partial charge in [-0.15, -0.1) is 0 Å². The zero-order valence-electron chi connectivity index (χ0n) is 18.3. The van der Waals surface area contributed by atoms with E-state index in [1.165, 1.54) is 0 Å². The number of anilines is 3. The molecule has 2 unspecified atom stereocenters. The average molecular weight is 457 g/mol. The maximum absolute atomic E-state index is 13.3. The second-order valence-electron chi connectivity index (χ2n) is 7.81. The van der Waals surface area contributed by atoms with E-state index in [9.17, 15) is 14.7 Å². The lowest BCUT2D eigenvalue weighted by atomic mass is 10.0. The maximum Gasteiger partial charge on any atom is 0.329 e. The molecule has 0 aromatic carbocycles. The summed E-state index contributed by atoms with van der Waals surface area (Å²) in [5.41, 5.74) is 0.706. The van der Waals surface area contributed by atoms with Crippen molar-refractivity contribution in [2.24, 2.45) is 0 Å². The number of carbonyl (C=O) groups is 2. The average Bonchev–Trinajstić information content (AvgIpc) is 2.83. The number of aliphatic hydroxyl groups excluding tert-OH is 2. The Balaban J connectivity index is 1.58. The van der Waals surface area contributed by atoms with Gasteiger partial charge in [-0.3, -0.25) is 15.0 Å². The number of amides is 3. The number of fused-ring (bicyclic) bond motifs is 4. The second-order valence-corrected chi connectivity index (χ2v) is 7.81. The van der Waals surface area contributed by atoms with E-state index in [0.717, 1.165) is 19.4 Å². The van der Waals surface area contributed by atoms with Crippen molar-refractivity contribution in [3.05, 3.63) is 30.2 Å². The Kier molecular flexibility index (Phi) is 6.84. The number of nitrogens with zero attached hydrogens (tertiary/aromatic N) is 5. The first kappa shape index (κ1) is 22.7.